The Labute approximate surface area is 369 Å². The van der Waals surface area contributed by atoms with Gasteiger partial charge in [-0.1, -0.05) is 150 Å². The molecule has 1 aliphatic heterocycles. The van der Waals surface area contributed by atoms with Crippen LogP contribution in [0, 0.1) is 0 Å². The van der Waals surface area contributed by atoms with Crippen LogP contribution in [0.4, 0.5) is 0 Å². The maximum Gasteiger partial charge on any atom is 0.306 e. The highest BCUT2D eigenvalue weighted by atomic mass is 16.7. The summed E-state index contributed by atoms with van der Waals surface area (Å²) in [6.45, 7) is 3.28. The topological polar surface area (TPSA) is 152 Å². The maximum atomic E-state index is 12.8. The molecule has 10 nitrogen and oxygen atoms in total. The molecule has 0 amide bonds. The number of carbonyl (C=O) groups is 2. The van der Waals surface area contributed by atoms with Crippen LogP contribution in [-0.2, 0) is 28.5 Å². The van der Waals surface area contributed by atoms with Gasteiger partial charge in [-0.3, -0.25) is 9.59 Å². The molecular formula is C51H84O10. The highest BCUT2D eigenvalue weighted by Crippen LogP contribution is 2.22. The van der Waals surface area contributed by atoms with Crippen molar-refractivity contribution in [3.8, 4) is 0 Å². The number of hydrogen-bond acceptors (Lipinski definition) is 10. The summed E-state index contributed by atoms with van der Waals surface area (Å²) in [6.07, 6.45) is 46.0. The zero-order chi connectivity index (χ0) is 44.4. The number of unbranched alkanes of at least 4 members (excludes halogenated alkanes) is 13. The molecule has 348 valence electrons. The van der Waals surface area contributed by atoms with E-state index in [1.165, 1.54) is 70.6 Å². The van der Waals surface area contributed by atoms with E-state index < -0.39 is 55.4 Å². The SMILES string of the molecule is CCCCC/C=C/C/C=C/C/C=C/CCCCC(=O)O[C@@H](COC(=O)CCC/C=C/C/C=C/C/C=C/C/C=C/CCCCCCCCC)CO[C@H]1O[C@@H](CO)[C@@H](O)C(O)C1O. The molecule has 1 aliphatic rings. The molecule has 2 unspecified atom stereocenters. The first-order valence-corrected chi connectivity index (χ1v) is 23.7. The monoisotopic (exact) mass is 857 g/mol. The molecule has 0 saturated carbocycles. The first-order valence-electron chi connectivity index (χ1n) is 23.7. The quantitative estimate of drug-likeness (QED) is 0.0268. The number of carbonyl (C=O) groups excluding carboxylic acids is 2. The lowest BCUT2D eigenvalue weighted by Crippen LogP contribution is -2.59. The second-order valence-corrected chi connectivity index (χ2v) is 15.8. The molecule has 0 aromatic carbocycles. The summed E-state index contributed by atoms with van der Waals surface area (Å²) >= 11 is 0. The summed E-state index contributed by atoms with van der Waals surface area (Å²) in [5.41, 5.74) is 0. The minimum Gasteiger partial charge on any atom is -0.462 e. The van der Waals surface area contributed by atoms with Crippen LogP contribution >= 0.6 is 0 Å². The van der Waals surface area contributed by atoms with E-state index in [0.29, 0.717) is 12.8 Å². The third-order valence-electron chi connectivity index (χ3n) is 10.3. The summed E-state index contributed by atoms with van der Waals surface area (Å²) in [5, 5.41) is 40.1. The van der Waals surface area contributed by atoms with E-state index >= 15 is 0 Å². The predicted octanol–water partition coefficient (Wildman–Crippen LogP) is 10.6. The highest BCUT2D eigenvalue weighted by molar-refractivity contribution is 5.70. The van der Waals surface area contributed by atoms with Crippen molar-refractivity contribution in [2.45, 2.75) is 205 Å². The van der Waals surface area contributed by atoms with Gasteiger partial charge in [-0.2, -0.15) is 0 Å². The van der Waals surface area contributed by atoms with Crippen molar-refractivity contribution in [3.05, 3.63) is 85.1 Å². The van der Waals surface area contributed by atoms with E-state index in [0.717, 1.165) is 57.8 Å². The molecule has 1 heterocycles. The second-order valence-electron chi connectivity index (χ2n) is 15.8. The number of esters is 2. The fraction of sp³-hybridized carbons (Fsp3) is 0.686. The number of rotatable bonds is 38. The van der Waals surface area contributed by atoms with Gasteiger partial charge in [-0.05, 0) is 89.9 Å². The van der Waals surface area contributed by atoms with Crippen LogP contribution in [-0.4, -0.2) is 89.0 Å². The molecule has 6 atom stereocenters. The van der Waals surface area contributed by atoms with Gasteiger partial charge < -0.3 is 39.4 Å². The smallest absolute Gasteiger partial charge is 0.306 e. The van der Waals surface area contributed by atoms with Crippen LogP contribution in [0.25, 0.3) is 0 Å². The average molecular weight is 857 g/mol. The van der Waals surface area contributed by atoms with Gasteiger partial charge in [0.25, 0.3) is 0 Å². The second kappa shape index (κ2) is 40.9. The fourth-order valence-electron chi connectivity index (χ4n) is 6.48. The molecule has 1 rings (SSSR count). The number of aliphatic hydroxyl groups is 4. The normalized spacial score (nSPS) is 20.5. The van der Waals surface area contributed by atoms with Crippen LogP contribution in [0.1, 0.15) is 168 Å². The minimum atomic E-state index is -1.61. The van der Waals surface area contributed by atoms with Crippen molar-refractivity contribution in [2.75, 3.05) is 19.8 Å². The standard InChI is InChI=1S/C51H84O10/c1-3-5-7-9-11-13-15-17-19-20-21-22-23-24-26-27-29-31-33-35-37-39-46(53)58-42-44(43-59-51-50(57)49(56)48(55)45(41-52)61-51)60-47(54)40-38-36-34-32-30-28-25-18-16-14-12-10-8-6-4-2/h12,14,18-20,22-23,25-27,30-33,44-45,48-52,55-57H,3-11,13,15-17,21,24,28-29,34-43H2,1-2H3/b14-12+,20-19+,23-22+,25-18+,27-26+,32-30+,33-31+/t44-,45-,48+,49?,50?,51-/m0/s1. The van der Waals surface area contributed by atoms with Crippen LogP contribution in [0.3, 0.4) is 0 Å². The van der Waals surface area contributed by atoms with Gasteiger partial charge in [0.15, 0.2) is 12.4 Å². The molecule has 1 saturated heterocycles. The van der Waals surface area contributed by atoms with Gasteiger partial charge in [0.1, 0.15) is 31.0 Å². The zero-order valence-electron chi connectivity index (χ0n) is 37.9. The molecule has 10 heteroatoms. The molecule has 4 N–H and O–H groups in total. The minimum absolute atomic E-state index is 0.165. The number of hydrogen-bond donors (Lipinski definition) is 4. The van der Waals surface area contributed by atoms with Crippen molar-refractivity contribution in [1.82, 2.24) is 0 Å². The van der Waals surface area contributed by atoms with E-state index in [-0.39, 0.29) is 26.1 Å². The highest BCUT2D eigenvalue weighted by Gasteiger charge is 2.44. The Kier molecular flexibility index (Phi) is 37.5. The number of aliphatic hydroxyl groups excluding tert-OH is 4. The Morgan fingerprint density at radius 3 is 1.46 bits per heavy atom. The molecule has 0 bridgehead atoms. The van der Waals surface area contributed by atoms with Crippen LogP contribution in [0.15, 0.2) is 85.1 Å². The Balaban J connectivity index is 2.38. The summed E-state index contributed by atoms with van der Waals surface area (Å²) in [7, 11) is 0. The molecule has 1 fully saturated rings. The molecule has 61 heavy (non-hydrogen) atoms. The summed E-state index contributed by atoms with van der Waals surface area (Å²) < 4.78 is 22.1. The Bertz CT molecular complexity index is 1270. The van der Waals surface area contributed by atoms with Crippen LogP contribution < -0.4 is 0 Å². The lowest BCUT2D eigenvalue weighted by Gasteiger charge is -2.39. The van der Waals surface area contributed by atoms with Crippen molar-refractivity contribution >= 4 is 11.9 Å². The van der Waals surface area contributed by atoms with Crippen molar-refractivity contribution in [1.29, 1.82) is 0 Å². The Hall–Kier alpha value is -3.12. The van der Waals surface area contributed by atoms with Gasteiger partial charge in [0, 0.05) is 12.8 Å². The van der Waals surface area contributed by atoms with Crippen molar-refractivity contribution in [2.24, 2.45) is 0 Å². The predicted molar refractivity (Wildman–Crippen MR) is 247 cm³/mol. The largest absolute Gasteiger partial charge is 0.462 e. The van der Waals surface area contributed by atoms with Gasteiger partial charge in [0.2, 0.25) is 0 Å². The summed E-state index contributed by atoms with van der Waals surface area (Å²) in [4.78, 5) is 25.3. The number of ether oxygens (including phenoxy) is 4. The maximum absolute atomic E-state index is 12.8. The fourth-order valence-corrected chi connectivity index (χ4v) is 6.48. The first kappa shape index (κ1) is 55.9. The number of allylic oxidation sites excluding steroid dienone is 14. The van der Waals surface area contributed by atoms with Crippen LogP contribution in [0.5, 0.6) is 0 Å². The third-order valence-corrected chi connectivity index (χ3v) is 10.3. The summed E-state index contributed by atoms with van der Waals surface area (Å²) in [6, 6.07) is 0. The Morgan fingerprint density at radius 1 is 0.508 bits per heavy atom. The molecular weight excluding hydrogens is 773 g/mol. The van der Waals surface area contributed by atoms with E-state index in [1.54, 1.807) is 0 Å². The van der Waals surface area contributed by atoms with E-state index in [1.807, 2.05) is 6.08 Å². The van der Waals surface area contributed by atoms with E-state index in [9.17, 15) is 30.0 Å². The van der Waals surface area contributed by atoms with Gasteiger partial charge in [0.05, 0.1) is 13.2 Å². The lowest BCUT2D eigenvalue weighted by molar-refractivity contribution is -0.305. The third kappa shape index (κ3) is 32.3. The lowest BCUT2D eigenvalue weighted by atomic mass is 9.99. The van der Waals surface area contributed by atoms with Gasteiger partial charge in [-0.25, -0.2) is 0 Å². The van der Waals surface area contributed by atoms with Gasteiger partial charge >= 0.3 is 11.9 Å². The zero-order valence-corrected chi connectivity index (χ0v) is 37.9. The van der Waals surface area contributed by atoms with Crippen molar-refractivity contribution in [3.63, 3.8) is 0 Å². The molecule has 0 aliphatic carbocycles. The van der Waals surface area contributed by atoms with Crippen LogP contribution in [0.2, 0.25) is 0 Å². The first-order chi connectivity index (χ1) is 29.8. The molecule has 0 aromatic rings. The molecule has 0 radical (unpaired) electrons. The summed E-state index contributed by atoms with van der Waals surface area (Å²) in [5.74, 6) is -0.924. The molecule has 0 aromatic heterocycles. The van der Waals surface area contributed by atoms with E-state index in [4.69, 9.17) is 18.9 Å². The average Bonchev–Trinajstić information content (AvgIpc) is 3.26. The van der Waals surface area contributed by atoms with Crippen molar-refractivity contribution < 1.29 is 49.0 Å². The Morgan fingerprint density at radius 2 is 0.934 bits per heavy atom. The van der Waals surface area contributed by atoms with E-state index in [2.05, 4.69) is 92.8 Å². The van der Waals surface area contributed by atoms with Gasteiger partial charge in [-0.15, -0.1) is 0 Å². The molecule has 0 spiro atoms.